The van der Waals surface area contributed by atoms with E-state index in [2.05, 4.69) is 15.9 Å². The highest BCUT2D eigenvalue weighted by molar-refractivity contribution is 9.10. The van der Waals surface area contributed by atoms with Crippen molar-refractivity contribution in [2.24, 2.45) is 0 Å². The van der Waals surface area contributed by atoms with Crippen molar-refractivity contribution in [3.8, 4) is 0 Å². The van der Waals surface area contributed by atoms with Crippen LogP contribution in [0.2, 0.25) is 0 Å². The number of alkyl halides is 1. The molecule has 2 unspecified atom stereocenters. The van der Waals surface area contributed by atoms with Gasteiger partial charge in [-0.05, 0) is 19.3 Å². The molecule has 0 bridgehead atoms. The van der Waals surface area contributed by atoms with Crippen LogP contribution in [0.15, 0.2) is 0 Å². The largest absolute Gasteiger partial charge is 0.379 e. The van der Waals surface area contributed by atoms with Gasteiger partial charge in [0.2, 0.25) is 5.91 Å². The van der Waals surface area contributed by atoms with Crippen LogP contribution in [0.3, 0.4) is 0 Å². The van der Waals surface area contributed by atoms with E-state index in [9.17, 15) is 4.79 Å². The quantitative estimate of drug-likeness (QED) is 0.652. The van der Waals surface area contributed by atoms with Gasteiger partial charge in [0, 0.05) is 13.2 Å². The standard InChI is InChI=1S/C9H14BrNO2/c10-8-2-1-4-11(9(8)12)7-3-5-13-6-7/h7-8H,1-6H2. The molecule has 2 atom stereocenters. The van der Waals surface area contributed by atoms with Crippen LogP contribution in [0.4, 0.5) is 0 Å². The average Bonchev–Trinajstić information content (AvgIpc) is 2.62. The van der Waals surface area contributed by atoms with Crippen molar-refractivity contribution in [3.05, 3.63) is 0 Å². The molecule has 1 amide bonds. The summed E-state index contributed by atoms with van der Waals surface area (Å²) in [6.07, 6.45) is 3.09. The molecule has 0 saturated carbocycles. The predicted octanol–water partition coefficient (Wildman–Crippen LogP) is 1.16. The normalized spacial score (nSPS) is 35.5. The summed E-state index contributed by atoms with van der Waals surface area (Å²) in [4.78, 5) is 13.8. The molecule has 0 spiro atoms. The van der Waals surface area contributed by atoms with Crippen molar-refractivity contribution in [1.29, 1.82) is 0 Å². The lowest BCUT2D eigenvalue weighted by molar-refractivity contribution is -0.134. The van der Waals surface area contributed by atoms with E-state index in [1.54, 1.807) is 0 Å². The first kappa shape index (κ1) is 9.46. The number of carbonyl (C=O) groups is 1. The fourth-order valence-electron chi connectivity index (χ4n) is 1.98. The minimum atomic E-state index is 0.0434. The monoisotopic (exact) mass is 247 g/mol. The van der Waals surface area contributed by atoms with Gasteiger partial charge >= 0.3 is 0 Å². The maximum Gasteiger partial charge on any atom is 0.236 e. The number of carbonyl (C=O) groups excluding carboxylic acids is 1. The Morgan fingerprint density at radius 3 is 3.00 bits per heavy atom. The van der Waals surface area contributed by atoms with Gasteiger partial charge in [-0.1, -0.05) is 15.9 Å². The summed E-state index contributed by atoms with van der Waals surface area (Å²) in [6, 6.07) is 0.341. The Hall–Kier alpha value is -0.0900. The third kappa shape index (κ3) is 1.89. The van der Waals surface area contributed by atoms with Gasteiger partial charge in [0.25, 0.3) is 0 Å². The van der Waals surface area contributed by atoms with E-state index in [0.29, 0.717) is 6.04 Å². The Kier molecular flexibility index (Phi) is 2.89. The molecule has 2 fully saturated rings. The maximum absolute atomic E-state index is 11.7. The van der Waals surface area contributed by atoms with E-state index in [1.807, 2.05) is 4.90 Å². The molecule has 2 rings (SSSR count). The SMILES string of the molecule is O=C1C(Br)CCCN1C1CCOC1. The average molecular weight is 248 g/mol. The van der Waals surface area contributed by atoms with Crippen LogP contribution in [0, 0.1) is 0 Å². The van der Waals surface area contributed by atoms with Crippen LogP contribution in [-0.4, -0.2) is 41.4 Å². The van der Waals surface area contributed by atoms with Gasteiger partial charge in [0.1, 0.15) is 0 Å². The molecule has 2 saturated heterocycles. The number of ether oxygens (including phenoxy) is 1. The zero-order chi connectivity index (χ0) is 9.26. The molecule has 2 aliphatic heterocycles. The Balaban J connectivity index is 2.00. The van der Waals surface area contributed by atoms with Crippen molar-refractivity contribution in [1.82, 2.24) is 4.90 Å². The zero-order valence-electron chi connectivity index (χ0n) is 7.54. The topological polar surface area (TPSA) is 29.5 Å². The summed E-state index contributed by atoms with van der Waals surface area (Å²) in [6.45, 7) is 2.45. The molecule has 13 heavy (non-hydrogen) atoms. The van der Waals surface area contributed by atoms with Crippen molar-refractivity contribution in [2.75, 3.05) is 19.8 Å². The fourth-order valence-corrected chi connectivity index (χ4v) is 2.57. The fraction of sp³-hybridized carbons (Fsp3) is 0.889. The minimum absolute atomic E-state index is 0.0434. The van der Waals surface area contributed by atoms with Gasteiger partial charge in [0.05, 0.1) is 17.5 Å². The molecule has 0 aromatic rings. The van der Waals surface area contributed by atoms with Crippen LogP contribution in [-0.2, 0) is 9.53 Å². The summed E-state index contributed by atoms with van der Waals surface area (Å²) in [5.74, 6) is 0.252. The smallest absolute Gasteiger partial charge is 0.236 e. The molecule has 3 nitrogen and oxygen atoms in total. The maximum atomic E-state index is 11.7. The third-order valence-electron chi connectivity index (χ3n) is 2.75. The van der Waals surface area contributed by atoms with E-state index in [0.717, 1.165) is 39.0 Å². The van der Waals surface area contributed by atoms with Crippen molar-refractivity contribution < 1.29 is 9.53 Å². The Bertz CT molecular complexity index is 204. The van der Waals surface area contributed by atoms with Crippen LogP contribution in [0.1, 0.15) is 19.3 Å². The second-order valence-corrected chi connectivity index (χ2v) is 4.76. The Morgan fingerprint density at radius 1 is 1.46 bits per heavy atom. The number of hydrogen-bond acceptors (Lipinski definition) is 2. The molecule has 4 heteroatoms. The molecule has 0 aliphatic carbocycles. The Labute approximate surface area is 86.5 Å². The van der Waals surface area contributed by atoms with Crippen LogP contribution >= 0.6 is 15.9 Å². The third-order valence-corrected chi connectivity index (χ3v) is 3.60. The molecule has 2 aliphatic rings. The summed E-state index contributed by atoms with van der Waals surface area (Å²) >= 11 is 3.41. The highest BCUT2D eigenvalue weighted by atomic mass is 79.9. The molecule has 2 heterocycles. The number of amides is 1. The lowest BCUT2D eigenvalue weighted by Gasteiger charge is -2.33. The second-order valence-electron chi connectivity index (χ2n) is 3.66. The van der Waals surface area contributed by atoms with E-state index in [4.69, 9.17) is 4.74 Å². The number of hydrogen-bond donors (Lipinski definition) is 0. The summed E-state index contributed by atoms with van der Waals surface area (Å²) in [7, 11) is 0. The number of piperidine rings is 1. The van der Waals surface area contributed by atoms with Crippen molar-refractivity contribution in [2.45, 2.75) is 30.1 Å². The number of rotatable bonds is 1. The minimum Gasteiger partial charge on any atom is -0.379 e. The van der Waals surface area contributed by atoms with Gasteiger partial charge in [-0.25, -0.2) is 0 Å². The van der Waals surface area contributed by atoms with Gasteiger partial charge in [-0.2, -0.15) is 0 Å². The highest BCUT2D eigenvalue weighted by Crippen LogP contribution is 2.23. The first-order valence-corrected chi connectivity index (χ1v) is 5.73. The molecular formula is C9H14BrNO2. The summed E-state index contributed by atoms with van der Waals surface area (Å²) in [5, 5.41) is 0. The zero-order valence-corrected chi connectivity index (χ0v) is 9.13. The molecule has 0 aromatic carbocycles. The lowest BCUT2D eigenvalue weighted by atomic mass is 10.1. The van der Waals surface area contributed by atoms with Gasteiger partial charge in [-0.15, -0.1) is 0 Å². The number of likely N-dealkylation sites (tertiary alicyclic amines) is 1. The summed E-state index contributed by atoms with van der Waals surface area (Å²) in [5.41, 5.74) is 0. The van der Waals surface area contributed by atoms with E-state index < -0.39 is 0 Å². The molecule has 0 aromatic heterocycles. The second kappa shape index (κ2) is 3.96. The number of nitrogens with zero attached hydrogens (tertiary/aromatic N) is 1. The molecule has 0 N–H and O–H groups in total. The Morgan fingerprint density at radius 2 is 2.31 bits per heavy atom. The first-order chi connectivity index (χ1) is 6.29. The van der Waals surface area contributed by atoms with E-state index in [1.165, 1.54) is 0 Å². The van der Waals surface area contributed by atoms with E-state index in [-0.39, 0.29) is 10.7 Å². The highest BCUT2D eigenvalue weighted by Gasteiger charge is 2.33. The molecular weight excluding hydrogens is 234 g/mol. The van der Waals surface area contributed by atoms with Crippen LogP contribution < -0.4 is 0 Å². The van der Waals surface area contributed by atoms with Crippen LogP contribution in [0.25, 0.3) is 0 Å². The van der Waals surface area contributed by atoms with Gasteiger partial charge in [-0.3, -0.25) is 4.79 Å². The summed E-state index contributed by atoms with van der Waals surface area (Å²) < 4.78 is 5.28. The van der Waals surface area contributed by atoms with Crippen molar-refractivity contribution in [3.63, 3.8) is 0 Å². The first-order valence-electron chi connectivity index (χ1n) is 4.81. The number of halogens is 1. The molecule has 0 radical (unpaired) electrons. The van der Waals surface area contributed by atoms with Gasteiger partial charge < -0.3 is 9.64 Å². The van der Waals surface area contributed by atoms with Crippen LogP contribution in [0.5, 0.6) is 0 Å². The van der Waals surface area contributed by atoms with Crippen molar-refractivity contribution >= 4 is 21.8 Å². The lowest BCUT2D eigenvalue weighted by Crippen LogP contribution is -2.48. The van der Waals surface area contributed by atoms with E-state index >= 15 is 0 Å². The molecule has 74 valence electrons. The van der Waals surface area contributed by atoms with Gasteiger partial charge in [0.15, 0.2) is 0 Å². The predicted molar refractivity (Wildman–Crippen MR) is 52.9 cm³/mol.